The number of aliphatic hydroxyl groups excluding tert-OH is 1. The lowest BCUT2D eigenvalue weighted by atomic mass is 10.1. The second-order valence-corrected chi connectivity index (χ2v) is 4.57. The van der Waals surface area contributed by atoms with E-state index in [-0.39, 0.29) is 0 Å². The molecule has 0 saturated carbocycles. The Balaban J connectivity index is 2.15. The molecule has 0 bridgehead atoms. The van der Waals surface area contributed by atoms with Crippen molar-refractivity contribution in [1.29, 1.82) is 0 Å². The molecule has 0 aromatic carbocycles. The molecule has 2 N–H and O–H groups in total. The van der Waals surface area contributed by atoms with E-state index < -0.39 is 6.10 Å². The van der Waals surface area contributed by atoms with Gasteiger partial charge < -0.3 is 15.2 Å². The predicted molar refractivity (Wildman–Crippen MR) is 63.2 cm³/mol. The summed E-state index contributed by atoms with van der Waals surface area (Å²) in [4.78, 5) is 0. The Morgan fingerprint density at radius 1 is 1.53 bits per heavy atom. The molecule has 0 radical (unpaired) electrons. The van der Waals surface area contributed by atoms with Crippen molar-refractivity contribution in [3.8, 4) is 0 Å². The molecule has 0 aliphatic heterocycles. The molecule has 1 aromatic heterocycles. The molecule has 2 unspecified atom stereocenters. The topological polar surface area (TPSA) is 41.5 Å². The molecule has 2 atom stereocenters. The number of hydrogen-bond acceptors (Lipinski definition) is 4. The largest absolute Gasteiger partial charge is 0.387 e. The highest BCUT2D eigenvalue weighted by atomic mass is 32.1. The molecular weight excluding hydrogens is 210 g/mol. The number of hydrogen-bond donors (Lipinski definition) is 2. The van der Waals surface area contributed by atoms with Crippen molar-refractivity contribution in [2.75, 3.05) is 26.8 Å². The minimum Gasteiger partial charge on any atom is -0.387 e. The molecule has 0 spiro atoms. The number of nitrogens with one attached hydrogen (secondary N) is 1. The van der Waals surface area contributed by atoms with Crippen LogP contribution in [-0.2, 0) is 4.74 Å². The third kappa shape index (κ3) is 4.75. The molecule has 0 amide bonds. The molecular formula is C11H19NO2S. The second kappa shape index (κ2) is 6.95. The van der Waals surface area contributed by atoms with Crippen molar-refractivity contribution in [1.82, 2.24) is 5.32 Å². The van der Waals surface area contributed by atoms with Gasteiger partial charge in [0.25, 0.3) is 0 Å². The van der Waals surface area contributed by atoms with Crippen molar-refractivity contribution < 1.29 is 9.84 Å². The van der Waals surface area contributed by atoms with Crippen LogP contribution < -0.4 is 5.32 Å². The summed E-state index contributed by atoms with van der Waals surface area (Å²) in [6.07, 6.45) is -0.397. The van der Waals surface area contributed by atoms with E-state index in [4.69, 9.17) is 4.74 Å². The van der Waals surface area contributed by atoms with Gasteiger partial charge in [0, 0.05) is 26.8 Å². The summed E-state index contributed by atoms with van der Waals surface area (Å²) in [5.74, 6) is 0.477. The van der Waals surface area contributed by atoms with E-state index in [1.165, 1.54) is 0 Å². The Morgan fingerprint density at radius 3 is 2.93 bits per heavy atom. The number of aliphatic hydroxyl groups is 1. The Hall–Kier alpha value is -0.420. The maximum Gasteiger partial charge on any atom is 0.0922 e. The van der Waals surface area contributed by atoms with E-state index in [9.17, 15) is 5.11 Å². The quantitative estimate of drug-likeness (QED) is 0.747. The number of thiophene rings is 1. The molecule has 0 aliphatic rings. The first kappa shape index (κ1) is 12.6. The van der Waals surface area contributed by atoms with Crippen LogP contribution in [0.5, 0.6) is 0 Å². The lowest BCUT2D eigenvalue weighted by molar-refractivity contribution is 0.147. The van der Waals surface area contributed by atoms with Crippen molar-refractivity contribution in [3.63, 3.8) is 0 Å². The van der Waals surface area contributed by atoms with E-state index in [0.29, 0.717) is 12.5 Å². The fourth-order valence-corrected chi connectivity index (χ4v) is 2.10. The Bertz CT molecular complexity index is 251. The lowest BCUT2D eigenvalue weighted by Gasteiger charge is -2.14. The van der Waals surface area contributed by atoms with E-state index >= 15 is 0 Å². The van der Waals surface area contributed by atoms with Gasteiger partial charge in [0.05, 0.1) is 6.10 Å². The fourth-order valence-electron chi connectivity index (χ4n) is 1.39. The molecule has 15 heavy (non-hydrogen) atoms. The van der Waals surface area contributed by atoms with Crippen LogP contribution >= 0.6 is 11.3 Å². The highest BCUT2D eigenvalue weighted by Gasteiger charge is 2.08. The van der Waals surface area contributed by atoms with Crippen LogP contribution in [0.25, 0.3) is 0 Å². The van der Waals surface area contributed by atoms with Gasteiger partial charge in [-0.15, -0.1) is 0 Å². The number of methoxy groups -OCH3 is 1. The first-order chi connectivity index (χ1) is 7.24. The summed E-state index contributed by atoms with van der Waals surface area (Å²) >= 11 is 1.61. The Kier molecular flexibility index (Phi) is 5.86. The fraction of sp³-hybridized carbons (Fsp3) is 0.636. The van der Waals surface area contributed by atoms with Gasteiger partial charge >= 0.3 is 0 Å². The molecule has 86 valence electrons. The summed E-state index contributed by atoms with van der Waals surface area (Å²) in [6, 6.07) is 1.95. The lowest BCUT2D eigenvalue weighted by Crippen LogP contribution is -2.27. The first-order valence-electron chi connectivity index (χ1n) is 5.14. The monoisotopic (exact) mass is 229 g/mol. The maximum atomic E-state index is 9.77. The number of rotatable bonds is 7. The van der Waals surface area contributed by atoms with Gasteiger partial charge in [-0.25, -0.2) is 0 Å². The van der Waals surface area contributed by atoms with Gasteiger partial charge in [-0.05, 0) is 28.3 Å². The van der Waals surface area contributed by atoms with Crippen LogP contribution in [0.2, 0.25) is 0 Å². The third-order valence-corrected chi connectivity index (χ3v) is 2.91. The summed E-state index contributed by atoms with van der Waals surface area (Å²) in [5, 5.41) is 17.0. The zero-order valence-electron chi connectivity index (χ0n) is 9.27. The highest BCUT2D eigenvalue weighted by molar-refractivity contribution is 7.07. The van der Waals surface area contributed by atoms with E-state index in [2.05, 4.69) is 12.2 Å². The van der Waals surface area contributed by atoms with Gasteiger partial charge in [0.2, 0.25) is 0 Å². The normalized spacial score (nSPS) is 15.1. The Morgan fingerprint density at radius 2 is 2.33 bits per heavy atom. The Labute approximate surface area is 95.1 Å². The van der Waals surface area contributed by atoms with Crippen molar-refractivity contribution >= 4 is 11.3 Å². The molecule has 0 aliphatic carbocycles. The van der Waals surface area contributed by atoms with Gasteiger partial charge in [0.15, 0.2) is 0 Å². The van der Waals surface area contributed by atoms with Crippen LogP contribution in [0, 0.1) is 5.92 Å². The van der Waals surface area contributed by atoms with Gasteiger partial charge in [-0.2, -0.15) is 11.3 Å². The van der Waals surface area contributed by atoms with Crippen molar-refractivity contribution in [2.45, 2.75) is 13.0 Å². The molecule has 3 nitrogen and oxygen atoms in total. The van der Waals surface area contributed by atoms with Crippen LogP contribution in [0.15, 0.2) is 16.8 Å². The molecule has 1 rings (SSSR count). The molecule has 1 heterocycles. The summed E-state index contributed by atoms with van der Waals surface area (Å²) < 4.78 is 5.03. The molecule has 1 aromatic rings. The third-order valence-electron chi connectivity index (χ3n) is 2.21. The minimum atomic E-state index is -0.397. The SMILES string of the molecule is COCC(C)CNCC(O)c1ccsc1. The zero-order valence-corrected chi connectivity index (χ0v) is 10.1. The van der Waals surface area contributed by atoms with Crippen molar-refractivity contribution in [3.05, 3.63) is 22.4 Å². The summed E-state index contributed by atoms with van der Waals surface area (Å²) in [7, 11) is 1.71. The average Bonchev–Trinajstić information content (AvgIpc) is 2.70. The summed E-state index contributed by atoms with van der Waals surface area (Å²) in [5.41, 5.74) is 0.992. The van der Waals surface area contributed by atoms with Gasteiger partial charge in [-0.1, -0.05) is 6.92 Å². The molecule has 0 saturated heterocycles. The average molecular weight is 229 g/mol. The van der Waals surface area contributed by atoms with E-state index in [1.54, 1.807) is 18.4 Å². The zero-order chi connectivity index (χ0) is 11.1. The van der Waals surface area contributed by atoms with E-state index in [1.807, 2.05) is 16.8 Å². The van der Waals surface area contributed by atoms with Crippen LogP contribution in [0.3, 0.4) is 0 Å². The molecule has 0 fully saturated rings. The minimum absolute atomic E-state index is 0.397. The van der Waals surface area contributed by atoms with Gasteiger partial charge in [-0.3, -0.25) is 0 Å². The number of ether oxygens (including phenoxy) is 1. The molecule has 4 heteroatoms. The maximum absolute atomic E-state index is 9.77. The highest BCUT2D eigenvalue weighted by Crippen LogP contribution is 2.14. The first-order valence-corrected chi connectivity index (χ1v) is 6.08. The van der Waals surface area contributed by atoms with Crippen molar-refractivity contribution in [2.24, 2.45) is 5.92 Å². The van der Waals surface area contributed by atoms with Crippen LogP contribution in [0.4, 0.5) is 0 Å². The second-order valence-electron chi connectivity index (χ2n) is 3.79. The van der Waals surface area contributed by atoms with E-state index in [0.717, 1.165) is 18.7 Å². The standard InChI is InChI=1S/C11H19NO2S/c1-9(7-14-2)5-12-6-11(13)10-3-4-15-8-10/h3-4,8-9,11-13H,5-7H2,1-2H3. The predicted octanol–water partition coefficient (Wildman–Crippen LogP) is 1.65. The van der Waals surface area contributed by atoms with Gasteiger partial charge in [0.1, 0.15) is 0 Å². The van der Waals surface area contributed by atoms with Crippen LogP contribution in [0.1, 0.15) is 18.6 Å². The smallest absolute Gasteiger partial charge is 0.0922 e. The van der Waals surface area contributed by atoms with Crippen LogP contribution in [-0.4, -0.2) is 31.9 Å². The summed E-state index contributed by atoms with van der Waals surface area (Å²) in [6.45, 7) is 4.34.